The van der Waals surface area contributed by atoms with Crippen LogP contribution in [0.4, 0.5) is 0 Å². The van der Waals surface area contributed by atoms with Crippen LogP contribution in [0.5, 0.6) is 5.75 Å². The molecule has 0 saturated carbocycles. The SMILES string of the molecule is CCC1=C(C)C(=Cc2[nH]c(-c3ccc[nH]3)cc2OC)N=C1C.Cl. The zero-order chi connectivity index (χ0) is 15.7. The van der Waals surface area contributed by atoms with Crippen molar-refractivity contribution in [3.63, 3.8) is 0 Å². The summed E-state index contributed by atoms with van der Waals surface area (Å²) >= 11 is 0. The van der Waals surface area contributed by atoms with Crippen LogP contribution in [-0.4, -0.2) is 22.8 Å². The van der Waals surface area contributed by atoms with E-state index >= 15 is 0 Å². The molecule has 0 amide bonds. The number of nitrogens with zero attached hydrogens (tertiary/aromatic N) is 1. The summed E-state index contributed by atoms with van der Waals surface area (Å²) in [5.74, 6) is 0.822. The van der Waals surface area contributed by atoms with Crippen molar-refractivity contribution in [1.29, 1.82) is 0 Å². The fourth-order valence-electron chi connectivity index (χ4n) is 2.93. The number of hydrogen-bond donors (Lipinski definition) is 2. The van der Waals surface area contributed by atoms with Crippen LogP contribution in [0, 0.1) is 0 Å². The van der Waals surface area contributed by atoms with E-state index in [9.17, 15) is 0 Å². The van der Waals surface area contributed by atoms with Gasteiger partial charge in [0.05, 0.1) is 29.9 Å². The molecule has 0 unspecified atom stereocenters. The van der Waals surface area contributed by atoms with E-state index in [1.165, 1.54) is 11.1 Å². The molecule has 0 aliphatic carbocycles. The van der Waals surface area contributed by atoms with E-state index in [0.717, 1.165) is 40.7 Å². The maximum atomic E-state index is 5.50. The topological polar surface area (TPSA) is 53.2 Å². The van der Waals surface area contributed by atoms with Gasteiger partial charge in [0, 0.05) is 18.0 Å². The number of aromatic amines is 2. The maximum absolute atomic E-state index is 5.50. The summed E-state index contributed by atoms with van der Waals surface area (Å²) in [6, 6.07) is 6.01. The first-order valence-electron chi connectivity index (χ1n) is 7.52. The molecule has 0 radical (unpaired) electrons. The molecule has 1 aliphatic rings. The third-order valence-electron chi connectivity index (χ3n) is 4.11. The Bertz CT molecular complexity index is 779. The predicted molar refractivity (Wildman–Crippen MR) is 98.5 cm³/mol. The highest BCUT2D eigenvalue weighted by Crippen LogP contribution is 2.32. The van der Waals surface area contributed by atoms with Crippen molar-refractivity contribution >= 4 is 24.2 Å². The number of H-pyrrole nitrogens is 2. The van der Waals surface area contributed by atoms with Crippen molar-refractivity contribution in [2.45, 2.75) is 27.2 Å². The third kappa shape index (κ3) is 3.13. The summed E-state index contributed by atoms with van der Waals surface area (Å²) in [6.45, 7) is 6.37. The Hall–Kier alpha value is -2.20. The van der Waals surface area contributed by atoms with Gasteiger partial charge < -0.3 is 14.7 Å². The zero-order valence-electron chi connectivity index (χ0n) is 13.9. The van der Waals surface area contributed by atoms with Gasteiger partial charge in [0.15, 0.2) is 0 Å². The predicted octanol–water partition coefficient (Wildman–Crippen LogP) is 4.98. The lowest BCUT2D eigenvalue weighted by molar-refractivity contribution is 0.414. The second-order valence-corrected chi connectivity index (χ2v) is 5.43. The van der Waals surface area contributed by atoms with Crippen molar-refractivity contribution in [1.82, 2.24) is 9.97 Å². The summed E-state index contributed by atoms with van der Waals surface area (Å²) < 4.78 is 5.50. The van der Waals surface area contributed by atoms with Crippen molar-refractivity contribution < 1.29 is 4.74 Å². The number of halogens is 1. The summed E-state index contributed by atoms with van der Waals surface area (Å²) in [5.41, 5.74) is 7.68. The number of ether oxygens (including phenoxy) is 1. The normalized spacial score (nSPS) is 15.8. The van der Waals surface area contributed by atoms with E-state index in [4.69, 9.17) is 4.74 Å². The number of hydrogen-bond acceptors (Lipinski definition) is 2. The second kappa shape index (κ2) is 6.92. The highest BCUT2D eigenvalue weighted by Gasteiger charge is 2.17. The molecule has 122 valence electrons. The fourth-order valence-corrected chi connectivity index (χ4v) is 2.93. The number of nitrogens with one attached hydrogen (secondary N) is 2. The molecule has 2 N–H and O–H groups in total. The first kappa shape index (κ1) is 17.2. The molecule has 2 aromatic heterocycles. The molecule has 1 aliphatic heterocycles. The Labute approximate surface area is 142 Å². The van der Waals surface area contributed by atoms with Gasteiger partial charge in [0.2, 0.25) is 0 Å². The van der Waals surface area contributed by atoms with Gasteiger partial charge >= 0.3 is 0 Å². The average Bonchev–Trinajstić information content (AvgIpc) is 3.20. The van der Waals surface area contributed by atoms with Crippen molar-refractivity contribution in [3.05, 3.63) is 46.9 Å². The highest BCUT2D eigenvalue weighted by molar-refractivity contribution is 6.03. The maximum Gasteiger partial charge on any atom is 0.144 e. The minimum absolute atomic E-state index is 0. The number of rotatable bonds is 4. The zero-order valence-corrected chi connectivity index (χ0v) is 14.7. The van der Waals surface area contributed by atoms with Crippen molar-refractivity contribution in [3.8, 4) is 17.1 Å². The Balaban J connectivity index is 0.00000192. The van der Waals surface area contributed by atoms with Gasteiger partial charge in [-0.05, 0) is 49.6 Å². The summed E-state index contributed by atoms with van der Waals surface area (Å²) in [5, 5.41) is 0. The van der Waals surface area contributed by atoms with Crippen LogP contribution < -0.4 is 4.74 Å². The Kier molecular flexibility index (Phi) is 5.16. The molecular formula is C18H22ClN3O. The molecule has 0 spiro atoms. The van der Waals surface area contributed by atoms with E-state index in [0.29, 0.717) is 0 Å². The van der Waals surface area contributed by atoms with Crippen LogP contribution >= 0.6 is 12.4 Å². The lowest BCUT2D eigenvalue weighted by atomic mass is 10.0. The lowest BCUT2D eigenvalue weighted by Crippen LogP contribution is -1.91. The van der Waals surface area contributed by atoms with E-state index in [2.05, 4.69) is 41.8 Å². The van der Waals surface area contributed by atoms with Gasteiger partial charge in [-0.1, -0.05) is 6.92 Å². The van der Waals surface area contributed by atoms with Crippen molar-refractivity contribution in [2.24, 2.45) is 4.99 Å². The van der Waals surface area contributed by atoms with Crippen LogP contribution in [0.25, 0.3) is 17.5 Å². The molecule has 3 heterocycles. The minimum Gasteiger partial charge on any atom is -0.494 e. The molecule has 5 heteroatoms. The first-order chi connectivity index (χ1) is 10.6. The smallest absolute Gasteiger partial charge is 0.144 e. The fraction of sp³-hybridized carbons (Fsp3) is 0.278. The molecular weight excluding hydrogens is 310 g/mol. The quantitative estimate of drug-likeness (QED) is 0.815. The Morgan fingerprint density at radius 2 is 2.04 bits per heavy atom. The van der Waals surface area contributed by atoms with Crippen LogP contribution in [0.15, 0.2) is 46.2 Å². The third-order valence-corrected chi connectivity index (χ3v) is 4.11. The molecule has 3 rings (SSSR count). The standard InChI is InChI=1S/C18H21N3O.ClH/c1-5-13-11(2)15(20-12(13)3)9-17-18(22-4)10-16(21-17)14-7-6-8-19-14;/h6-10,19,21H,5H2,1-4H3;1H. The number of aliphatic imine (C=N–C) groups is 1. The van der Waals surface area contributed by atoms with Gasteiger partial charge in [0.25, 0.3) is 0 Å². The van der Waals surface area contributed by atoms with Gasteiger partial charge in [0.1, 0.15) is 5.75 Å². The average molecular weight is 332 g/mol. The molecule has 23 heavy (non-hydrogen) atoms. The van der Waals surface area contributed by atoms with E-state index < -0.39 is 0 Å². The Morgan fingerprint density at radius 1 is 1.26 bits per heavy atom. The number of allylic oxidation sites excluding steroid dienone is 2. The van der Waals surface area contributed by atoms with Gasteiger partial charge in [-0.15, -0.1) is 12.4 Å². The molecule has 0 aromatic carbocycles. The largest absolute Gasteiger partial charge is 0.494 e. The minimum atomic E-state index is 0. The molecule has 0 atom stereocenters. The van der Waals surface area contributed by atoms with E-state index in [1.54, 1.807) is 7.11 Å². The second-order valence-electron chi connectivity index (χ2n) is 5.43. The van der Waals surface area contributed by atoms with Crippen LogP contribution in [-0.2, 0) is 0 Å². The van der Waals surface area contributed by atoms with E-state index in [-0.39, 0.29) is 12.4 Å². The van der Waals surface area contributed by atoms with Crippen LogP contribution in [0.2, 0.25) is 0 Å². The van der Waals surface area contributed by atoms with Gasteiger partial charge in [-0.25, -0.2) is 0 Å². The van der Waals surface area contributed by atoms with E-state index in [1.807, 2.05) is 24.4 Å². The monoisotopic (exact) mass is 331 g/mol. The molecule has 0 saturated heterocycles. The molecule has 4 nitrogen and oxygen atoms in total. The number of aromatic nitrogens is 2. The lowest BCUT2D eigenvalue weighted by Gasteiger charge is -2.01. The van der Waals surface area contributed by atoms with Gasteiger partial charge in [-0.3, -0.25) is 4.99 Å². The first-order valence-corrected chi connectivity index (χ1v) is 7.52. The summed E-state index contributed by atoms with van der Waals surface area (Å²) in [4.78, 5) is 11.3. The molecule has 2 aromatic rings. The highest BCUT2D eigenvalue weighted by atomic mass is 35.5. The van der Waals surface area contributed by atoms with Crippen LogP contribution in [0.3, 0.4) is 0 Å². The Morgan fingerprint density at radius 3 is 2.61 bits per heavy atom. The van der Waals surface area contributed by atoms with Crippen LogP contribution in [0.1, 0.15) is 32.9 Å². The summed E-state index contributed by atoms with van der Waals surface area (Å²) in [7, 11) is 1.69. The summed E-state index contributed by atoms with van der Waals surface area (Å²) in [6.07, 6.45) is 4.98. The number of methoxy groups -OCH3 is 1. The van der Waals surface area contributed by atoms with Crippen molar-refractivity contribution in [2.75, 3.05) is 7.11 Å². The molecule has 0 bridgehead atoms. The molecule has 0 fully saturated rings. The van der Waals surface area contributed by atoms with Gasteiger partial charge in [-0.2, -0.15) is 0 Å².